The van der Waals surface area contributed by atoms with E-state index >= 15 is 0 Å². The molecule has 0 unspecified atom stereocenters. The first kappa shape index (κ1) is 16.2. The van der Waals surface area contributed by atoms with Gasteiger partial charge in [0.2, 0.25) is 0 Å². The second-order valence-corrected chi connectivity index (χ2v) is 6.66. The van der Waals surface area contributed by atoms with Gasteiger partial charge in [0, 0.05) is 11.0 Å². The number of thiophene rings is 1. The number of H-pyrrole nitrogens is 1. The zero-order chi connectivity index (χ0) is 16.9. The summed E-state index contributed by atoms with van der Waals surface area (Å²) in [6, 6.07) is 12.1. The van der Waals surface area contributed by atoms with E-state index < -0.39 is 0 Å². The van der Waals surface area contributed by atoms with Crippen molar-refractivity contribution in [3.63, 3.8) is 0 Å². The minimum absolute atomic E-state index is 0.0616. The molecular formula is C19H19N3OS. The number of carbonyl (C=O) groups excluding carboxylic acids is 1. The first-order valence-electron chi connectivity index (χ1n) is 7.72. The van der Waals surface area contributed by atoms with Crippen LogP contribution in [0.15, 0.2) is 54.1 Å². The Kier molecular flexibility index (Phi) is 4.91. The Morgan fingerprint density at radius 2 is 2.04 bits per heavy atom. The molecule has 0 aliphatic carbocycles. The molecule has 0 bridgehead atoms. The number of aryl methyl sites for hydroxylation is 2. The zero-order valence-corrected chi connectivity index (χ0v) is 14.5. The first-order valence-corrected chi connectivity index (χ1v) is 8.60. The van der Waals surface area contributed by atoms with Crippen LogP contribution in [0, 0.1) is 13.8 Å². The van der Waals surface area contributed by atoms with Gasteiger partial charge in [-0.25, -0.2) is 0 Å². The molecule has 0 spiro atoms. The van der Waals surface area contributed by atoms with E-state index in [-0.39, 0.29) is 5.91 Å². The van der Waals surface area contributed by atoms with Gasteiger partial charge >= 0.3 is 0 Å². The van der Waals surface area contributed by atoms with Gasteiger partial charge < -0.3 is 4.90 Å². The summed E-state index contributed by atoms with van der Waals surface area (Å²) in [5, 5.41) is 8.96. The van der Waals surface area contributed by atoms with Gasteiger partial charge in [-0.1, -0.05) is 35.9 Å². The summed E-state index contributed by atoms with van der Waals surface area (Å²) in [6.45, 7) is 4.50. The fourth-order valence-corrected chi connectivity index (χ4v) is 3.08. The molecule has 0 fully saturated rings. The summed E-state index contributed by atoms with van der Waals surface area (Å²) in [5.74, 6) is -0.0616. The van der Waals surface area contributed by atoms with Crippen LogP contribution in [0.4, 0.5) is 5.69 Å². The molecule has 0 radical (unpaired) electrons. The van der Waals surface area contributed by atoms with E-state index in [4.69, 9.17) is 0 Å². The Hall–Kier alpha value is -2.66. The average Bonchev–Trinajstić information content (AvgIpc) is 3.23. The van der Waals surface area contributed by atoms with Gasteiger partial charge in [-0.3, -0.25) is 9.89 Å². The highest BCUT2D eigenvalue weighted by molar-refractivity contribution is 7.09. The van der Waals surface area contributed by atoms with E-state index in [1.807, 2.05) is 61.7 Å². The van der Waals surface area contributed by atoms with Crippen molar-refractivity contribution in [2.45, 2.75) is 20.4 Å². The van der Waals surface area contributed by atoms with Crippen molar-refractivity contribution in [1.29, 1.82) is 0 Å². The minimum atomic E-state index is -0.0616. The lowest BCUT2D eigenvalue weighted by molar-refractivity contribution is -0.114. The molecule has 3 aromatic rings. The standard InChI is InChI=1S/C19H19N3OS/c1-14-5-7-16(8-6-14)9-10-19(23)22(13-17-4-3-11-24-17)18-12-20-21-15(18)2/h3-12H,13H2,1-2H3,(H,20,21)/b10-9+. The highest BCUT2D eigenvalue weighted by atomic mass is 32.1. The van der Waals surface area contributed by atoms with Crippen LogP contribution < -0.4 is 4.90 Å². The molecular weight excluding hydrogens is 318 g/mol. The van der Waals surface area contributed by atoms with Gasteiger partial charge in [-0.05, 0) is 36.9 Å². The lowest BCUT2D eigenvalue weighted by Crippen LogP contribution is -2.28. The molecule has 1 amide bonds. The van der Waals surface area contributed by atoms with Crippen molar-refractivity contribution in [2.75, 3.05) is 4.90 Å². The molecule has 24 heavy (non-hydrogen) atoms. The van der Waals surface area contributed by atoms with Crippen molar-refractivity contribution in [3.05, 3.63) is 75.7 Å². The predicted octanol–water partition coefficient (Wildman–Crippen LogP) is 4.33. The highest BCUT2D eigenvalue weighted by Crippen LogP contribution is 2.22. The number of hydrogen-bond donors (Lipinski definition) is 1. The fraction of sp³-hybridized carbons (Fsp3) is 0.158. The molecule has 1 aromatic carbocycles. The number of aromatic nitrogens is 2. The molecule has 2 heterocycles. The topological polar surface area (TPSA) is 49.0 Å². The third-order valence-corrected chi connectivity index (χ3v) is 4.61. The molecule has 0 atom stereocenters. The molecule has 0 saturated heterocycles. The number of benzene rings is 1. The van der Waals surface area contributed by atoms with Crippen LogP contribution in [0.3, 0.4) is 0 Å². The molecule has 2 aromatic heterocycles. The van der Waals surface area contributed by atoms with Gasteiger partial charge in [0.05, 0.1) is 24.1 Å². The number of nitrogens with one attached hydrogen (secondary N) is 1. The van der Waals surface area contributed by atoms with E-state index in [2.05, 4.69) is 10.2 Å². The molecule has 1 N–H and O–H groups in total. The second kappa shape index (κ2) is 7.27. The molecule has 3 rings (SSSR count). The molecule has 5 heteroatoms. The fourth-order valence-electron chi connectivity index (χ4n) is 2.39. The number of rotatable bonds is 5. The zero-order valence-electron chi connectivity index (χ0n) is 13.7. The SMILES string of the molecule is Cc1ccc(/C=C/C(=O)N(Cc2cccs2)c2cn[nH]c2C)cc1. The molecule has 0 saturated carbocycles. The first-order chi connectivity index (χ1) is 11.6. The normalized spacial score (nSPS) is 11.1. The number of aromatic amines is 1. The number of anilines is 1. The Bertz CT molecular complexity index is 832. The molecule has 0 aliphatic rings. The smallest absolute Gasteiger partial charge is 0.251 e. The monoisotopic (exact) mass is 337 g/mol. The van der Waals surface area contributed by atoms with Crippen LogP contribution in [0.25, 0.3) is 6.08 Å². The van der Waals surface area contributed by atoms with Crippen LogP contribution in [-0.2, 0) is 11.3 Å². The van der Waals surface area contributed by atoms with Crippen molar-refractivity contribution in [2.24, 2.45) is 0 Å². The molecule has 122 valence electrons. The Balaban J connectivity index is 1.83. The van der Waals surface area contributed by atoms with E-state index in [9.17, 15) is 4.79 Å². The maximum absolute atomic E-state index is 12.8. The Morgan fingerprint density at radius 1 is 1.25 bits per heavy atom. The van der Waals surface area contributed by atoms with Crippen LogP contribution in [-0.4, -0.2) is 16.1 Å². The summed E-state index contributed by atoms with van der Waals surface area (Å²) in [7, 11) is 0. The summed E-state index contributed by atoms with van der Waals surface area (Å²) < 4.78 is 0. The quantitative estimate of drug-likeness (QED) is 0.704. The van der Waals surface area contributed by atoms with Crippen molar-refractivity contribution in [1.82, 2.24) is 10.2 Å². The van der Waals surface area contributed by atoms with Crippen molar-refractivity contribution < 1.29 is 4.79 Å². The van der Waals surface area contributed by atoms with Gasteiger partial charge in [0.1, 0.15) is 0 Å². The lowest BCUT2D eigenvalue weighted by Gasteiger charge is -2.19. The third kappa shape index (κ3) is 3.81. The van der Waals surface area contributed by atoms with Crippen LogP contribution >= 0.6 is 11.3 Å². The Labute approximate surface area is 145 Å². The number of amides is 1. The summed E-state index contributed by atoms with van der Waals surface area (Å²) in [4.78, 5) is 15.6. The number of nitrogens with zero attached hydrogens (tertiary/aromatic N) is 2. The molecule has 4 nitrogen and oxygen atoms in total. The van der Waals surface area contributed by atoms with Gasteiger partial charge in [0.25, 0.3) is 5.91 Å². The maximum atomic E-state index is 12.8. The van der Waals surface area contributed by atoms with Crippen LogP contribution in [0.2, 0.25) is 0 Å². The number of carbonyl (C=O) groups is 1. The van der Waals surface area contributed by atoms with Gasteiger partial charge in [0.15, 0.2) is 0 Å². The van der Waals surface area contributed by atoms with E-state index in [0.29, 0.717) is 6.54 Å². The highest BCUT2D eigenvalue weighted by Gasteiger charge is 2.17. The predicted molar refractivity (Wildman–Crippen MR) is 99.0 cm³/mol. The lowest BCUT2D eigenvalue weighted by atomic mass is 10.1. The number of hydrogen-bond acceptors (Lipinski definition) is 3. The molecule has 0 aliphatic heterocycles. The van der Waals surface area contributed by atoms with Gasteiger partial charge in [-0.15, -0.1) is 11.3 Å². The van der Waals surface area contributed by atoms with Crippen molar-refractivity contribution >= 4 is 29.0 Å². The van der Waals surface area contributed by atoms with Crippen LogP contribution in [0.5, 0.6) is 0 Å². The van der Waals surface area contributed by atoms with E-state index in [0.717, 1.165) is 21.8 Å². The summed E-state index contributed by atoms with van der Waals surface area (Å²) in [6.07, 6.45) is 5.16. The maximum Gasteiger partial charge on any atom is 0.251 e. The third-order valence-electron chi connectivity index (χ3n) is 3.75. The van der Waals surface area contributed by atoms with Crippen LogP contribution in [0.1, 0.15) is 21.7 Å². The largest absolute Gasteiger partial charge is 0.300 e. The summed E-state index contributed by atoms with van der Waals surface area (Å²) >= 11 is 1.64. The Morgan fingerprint density at radius 3 is 2.67 bits per heavy atom. The van der Waals surface area contributed by atoms with E-state index in [1.165, 1.54) is 5.56 Å². The second-order valence-electron chi connectivity index (χ2n) is 5.63. The van der Waals surface area contributed by atoms with Gasteiger partial charge in [-0.2, -0.15) is 5.10 Å². The van der Waals surface area contributed by atoms with Crippen molar-refractivity contribution in [3.8, 4) is 0 Å². The average molecular weight is 337 g/mol. The summed E-state index contributed by atoms with van der Waals surface area (Å²) in [5.41, 5.74) is 3.89. The van der Waals surface area contributed by atoms with E-state index in [1.54, 1.807) is 28.5 Å². The minimum Gasteiger partial charge on any atom is -0.300 e.